The minimum absolute atomic E-state index is 0.0892. The van der Waals surface area contributed by atoms with E-state index in [1.54, 1.807) is 0 Å². The fraction of sp³-hybridized carbons (Fsp3) is 0.750. The van der Waals surface area contributed by atoms with E-state index in [4.69, 9.17) is 0 Å². The molecule has 1 heteroatoms. The Hall–Kier alpha value is -0.300. The molecule has 0 saturated carbocycles. The van der Waals surface area contributed by atoms with Gasteiger partial charge in [0.25, 0.3) is 0 Å². The van der Waals surface area contributed by atoms with Gasteiger partial charge in [0.05, 0.1) is 6.10 Å². The van der Waals surface area contributed by atoms with Crippen molar-refractivity contribution < 1.29 is 5.11 Å². The van der Waals surface area contributed by atoms with E-state index in [0.717, 1.165) is 12.8 Å². The van der Waals surface area contributed by atoms with E-state index in [2.05, 4.69) is 19.9 Å². The van der Waals surface area contributed by atoms with Crippen molar-refractivity contribution in [2.45, 2.75) is 32.8 Å². The molecule has 0 radical (unpaired) electrons. The van der Waals surface area contributed by atoms with Gasteiger partial charge in [-0.1, -0.05) is 18.6 Å². The predicted octanol–water partition coefficient (Wildman–Crippen LogP) is 1.72. The molecule has 1 nitrogen and oxygen atoms in total. The van der Waals surface area contributed by atoms with Gasteiger partial charge in [0, 0.05) is 0 Å². The first-order valence-corrected chi connectivity index (χ1v) is 3.54. The van der Waals surface area contributed by atoms with Gasteiger partial charge < -0.3 is 5.11 Å². The van der Waals surface area contributed by atoms with Crippen LogP contribution in [0, 0.1) is 5.92 Å². The summed E-state index contributed by atoms with van der Waals surface area (Å²) in [4.78, 5) is 0. The minimum Gasteiger partial charge on any atom is -0.393 e. The third-order valence-corrected chi connectivity index (χ3v) is 2.01. The maximum atomic E-state index is 9.25. The molecule has 1 rings (SSSR count). The Morgan fingerprint density at radius 1 is 1.67 bits per heavy atom. The first-order valence-electron chi connectivity index (χ1n) is 3.54. The fourth-order valence-corrected chi connectivity index (χ4v) is 1.28. The number of allylic oxidation sites excluding steroid dienone is 1. The van der Waals surface area contributed by atoms with Crippen molar-refractivity contribution in [3.05, 3.63) is 11.6 Å². The summed E-state index contributed by atoms with van der Waals surface area (Å²) in [6.07, 6.45) is 3.97. The Balaban J connectivity index is 2.54. The van der Waals surface area contributed by atoms with Crippen LogP contribution in [-0.2, 0) is 0 Å². The molecule has 2 atom stereocenters. The van der Waals surface area contributed by atoms with Crippen molar-refractivity contribution in [1.29, 1.82) is 0 Å². The smallest absolute Gasteiger partial charge is 0.0603 e. The number of aliphatic hydroxyl groups excluding tert-OH is 1. The molecule has 0 heterocycles. The van der Waals surface area contributed by atoms with Crippen LogP contribution < -0.4 is 0 Å². The highest BCUT2D eigenvalue weighted by Crippen LogP contribution is 2.22. The molecule has 1 N–H and O–H groups in total. The molecule has 0 aliphatic heterocycles. The van der Waals surface area contributed by atoms with Crippen molar-refractivity contribution >= 4 is 0 Å². The number of aliphatic hydroxyl groups is 1. The molecule has 0 aromatic heterocycles. The quantitative estimate of drug-likeness (QED) is 0.490. The maximum absolute atomic E-state index is 9.25. The molecular formula is C8H14O. The summed E-state index contributed by atoms with van der Waals surface area (Å²) in [6.45, 7) is 4.23. The van der Waals surface area contributed by atoms with Crippen molar-refractivity contribution in [1.82, 2.24) is 0 Å². The second-order valence-corrected chi connectivity index (χ2v) is 3.03. The van der Waals surface area contributed by atoms with Gasteiger partial charge in [0.15, 0.2) is 0 Å². The van der Waals surface area contributed by atoms with Crippen LogP contribution in [0.15, 0.2) is 11.6 Å². The highest BCUT2D eigenvalue weighted by Gasteiger charge is 2.16. The average Bonchev–Trinajstić information content (AvgIpc) is 1.80. The van der Waals surface area contributed by atoms with Crippen LogP contribution in [0.3, 0.4) is 0 Å². The Morgan fingerprint density at radius 2 is 2.33 bits per heavy atom. The third kappa shape index (κ3) is 1.55. The topological polar surface area (TPSA) is 20.2 Å². The SMILES string of the molecule is CC1=CC[C@H](O)C(C)C1. The van der Waals surface area contributed by atoms with Gasteiger partial charge in [-0.2, -0.15) is 0 Å². The molecule has 1 unspecified atom stereocenters. The van der Waals surface area contributed by atoms with Gasteiger partial charge in [-0.15, -0.1) is 0 Å². The summed E-state index contributed by atoms with van der Waals surface area (Å²) < 4.78 is 0. The lowest BCUT2D eigenvalue weighted by Crippen LogP contribution is -2.20. The monoisotopic (exact) mass is 126 g/mol. The highest BCUT2D eigenvalue weighted by atomic mass is 16.3. The molecule has 0 spiro atoms. The van der Waals surface area contributed by atoms with Crippen molar-refractivity contribution in [2.75, 3.05) is 0 Å². The lowest BCUT2D eigenvalue weighted by Gasteiger charge is -2.22. The fourth-order valence-electron chi connectivity index (χ4n) is 1.28. The lowest BCUT2D eigenvalue weighted by molar-refractivity contribution is 0.113. The van der Waals surface area contributed by atoms with Crippen molar-refractivity contribution in [3.8, 4) is 0 Å². The van der Waals surface area contributed by atoms with Crippen molar-refractivity contribution in [3.63, 3.8) is 0 Å². The van der Waals surface area contributed by atoms with E-state index in [-0.39, 0.29) is 6.10 Å². The molecule has 0 fully saturated rings. The Labute approximate surface area is 56.4 Å². The molecule has 52 valence electrons. The Bertz CT molecular complexity index is 127. The third-order valence-electron chi connectivity index (χ3n) is 2.01. The van der Waals surface area contributed by atoms with Gasteiger partial charge in [-0.05, 0) is 25.7 Å². The molecule has 9 heavy (non-hydrogen) atoms. The summed E-state index contributed by atoms with van der Waals surface area (Å²) in [5.74, 6) is 0.468. The summed E-state index contributed by atoms with van der Waals surface area (Å²) >= 11 is 0. The van der Waals surface area contributed by atoms with Crippen LogP contribution in [0.1, 0.15) is 26.7 Å². The standard InChI is InChI=1S/C8H14O/c1-6-3-4-8(9)7(2)5-6/h3,7-9H,4-5H2,1-2H3/t7?,8-/m0/s1. The van der Waals surface area contributed by atoms with E-state index >= 15 is 0 Å². The van der Waals surface area contributed by atoms with Crippen LogP contribution in [0.5, 0.6) is 0 Å². The van der Waals surface area contributed by atoms with Gasteiger partial charge in [-0.25, -0.2) is 0 Å². The summed E-state index contributed by atoms with van der Waals surface area (Å²) in [5, 5.41) is 9.25. The minimum atomic E-state index is -0.0892. The maximum Gasteiger partial charge on any atom is 0.0603 e. The second-order valence-electron chi connectivity index (χ2n) is 3.03. The van der Waals surface area contributed by atoms with E-state index in [1.165, 1.54) is 5.57 Å². The van der Waals surface area contributed by atoms with Gasteiger partial charge >= 0.3 is 0 Å². The molecule has 0 bridgehead atoms. The van der Waals surface area contributed by atoms with E-state index in [9.17, 15) is 5.11 Å². The molecule has 1 aliphatic rings. The number of rotatable bonds is 0. The zero-order chi connectivity index (χ0) is 6.85. The van der Waals surface area contributed by atoms with E-state index in [1.807, 2.05) is 0 Å². The Kier molecular flexibility index (Phi) is 1.91. The van der Waals surface area contributed by atoms with E-state index < -0.39 is 0 Å². The molecule has 1 aliphatic carbocycles. The van der Waals surface area contributed by atoms with Crippen LogP contribution in [0.25, 0.3) is 0 Å². The molecular weight excluding hydrogens is 112 g/mol. The van der Waals surface area contributed by atoms with Crippen LogP contribution in [-0.4, -0.2) is 11.2 Å². The molecule has 0 amide bonds. The zero-order valence-corrected chi connectivity index (χ0v) is 6.09. The van der Waals surface area contributed by atoms with Crippen LogP contribution in [0.4, 0.5) is 0 Å². The lowest BCUT2D eigenvalue weighted by atomic mass is 9.89. The highest BCUT2D eigenvalue weighted by molar-refractivity contribution is 5.05. The molecule has 0 aromatic rings. The molecule has 0 aromatic carbocycles. The van der Waals surface area contributed by atoms with Gasteiger partial charge in [-0.3, -0.25) is 0 Å². The summed E-state index contributed by atoms with van der Waals surface area (Å²) in [7, 11) is 0. The summed E-state index contributed by atoms with van der Waals surface area (Å²) in [6, 6.07) is 0. The zero-order valence-electron chi connectivity index (χ0n) is 6.09. The number of hydrogen-bond donors (Lipinski definition) is 1. The van der Waals surface area contributed by atoms with Crippen molar-refractivity contribution in [2.24, 2.45) is 5.92 Å². The number of hydrogen-bond acceptors (Lipinski definition) is 1. The largest absolute Gasteiger partial charge is 0.393 e. The normalized spacial score (nSPS) is 36.1. The molecule has 0 saturated heterocycles. The summed E-state index contributed by atoms with van der Waals surface area (Å²) in [5.41, 5.74) is 1.42. The van der Waals surface area contributed by atoms with Gasteiger partial charge in [0.2, 0.25) is 0 Å². The van der Waals surface area contributed by atoms with Crippen LogP contribution >= 0.6 is 0 Å². The second kappa shape index (κ2) is 2.53. The first kappa shape index (κ1) is 6.81. The Morgan fingerprint density at radius 3 is 2.78 bits per heavy atom. The predicted molar refractivity (Wildman–Crippen MR) is 38.2 cm³/mol. The van der Waals surface area contributed by atoms with Crippen LogP contribution in [0.2, 0.25) is 0 Å². The first-order chi connectivity index (χ1) is 4.20. The average molecular weight is 126 g/mol. The van der Waals surface area contributed by atoms with E-state index in [0.29, 0.717) is 5.92 Å². The van der Waals surface area contributed by atoms with Gasteiger partial charge in [0.1, 0.15) is 0 Å².